The third kappa shape index (κ3) is 6.28. The highest BCUT2D eigenvalue weighted by atomic mass is 32.2. The average molecular weight is 545 g/mol. The van der Waals surface area contributed by atoms with Crippen LogP contribution in [0.25, 0.3) is 11.2 Å². The number of sulfonamides is 1. The number of alkyl halides is 3. The van der Waals surface area contributed by atoms with Crippen LogP contribution in [0.5, 0.6) is 0 Å². The van der Waals surface area contributed by atoms with Crippen LogP contribution in [-0.4, -0.2) is 75.4 Å². The molecule has 4 N–H and O–H groups in total. The minimum Gasteiger partial charge on any atom is -0.365 e. The maximum Gasteiger partial charge on any atom is 0.404 e. The van der Waals surface area contributed by atoms with E-state index in [9.17, 15) is 21.6 Å². The van der Waals surface area contributed by atoms with Crippen molar-refractivity contribution < 1.29 is 21.6 Å². The third-order valence-electron chi connectivity index (χ3n) is 7.78. The van der Waals surface area contributed by atoms with Crippen LogP contribution in [0.4, 0.5) is 24.9 Å². The van der Waals surface area contributed by atoms with Crippen molar-refractivity contribution in [3.63, 3.8) is 0 Å². The summed E-state index contributed by atoms with van der Waals surface area (Å²) in [7, 11) is -4.38. The van der Waals surface area contributed by atoms with Crippen molar-refractivity contribution in [2.45, 2.75) is 94.6 Å². The number of nitrogens with one attached hydrogen (secondary N) is 2. The fourth-order valence-electron chi connectivity index (χ4n) is 5.75. The standard InChI is InChI=1S/C23H35F3N8O2S/c24-23(25,26)13-37(35,36)33-11-9-17(10-12-33)29-20-19-21(34(14-28-19)18-3-1-2-4-18)32-22(31-20)30-16-7-5-15(27)6-8-16/h14-18H,1-13,27H2,(H2,29,30,31,32)/t15-,16-. The highest BCUT2D eigenvalue weighted by Gasteiger charge is 2.39. The lowest BCUT2D eigenvalue weighted by atomic mass is 9.92. The molecule has 3 heterocycles. The summed E-state index contributed by atoms with van der Waals surface area (Å²) >= 11 is 0. The van der Waals surface area contributed by atoms with Gasteiger partial charge in [-0.25, -0.2) is 17.7 Å². The summed E-state index contributed by atoms with van der Waals surface area (Å²) < 4.78 is 65.5. The average Bonchev–Trinajstić information content (AvgIpc) is 3.49. The third-order valence-corrected chi connectivity index (χ3v) is 9.62. The molecule has 0 bridgehead atoms. The molecule has 3 fully saturated rings. The summed E-state index contributed by atoms with van der Waals surface area (Å²) in [5.74, 6) is -0.751. The molecule has 37 heavy (non-hydrogen) atoms. The van der Waals surface area contributed by atoms with Crippen LogP contribution >= 0.6 is 0 Å². The summed E-state index contributed by atoms with van der Waals surface area (Å²) in [5, 5.41) is 6.88. The summed E-state index contributed by atoms with van der Waals surface area (Å²) in [6.07, 6.45) is 6.07. The number of aromatic nitrogens is 4. The van der Waals surface area contributed by atoms with E-state index in [1.807, 2.05) is 6.33 Å². The maximum atomic E-state index is 12.7. The fourth-order valence-corrected chi connectivity index (χ4v) is 7.11. The molecule has 14 heteroatoms. The largest absolute Gasteiger partial charge is 0.404 e. The molecular formula is C23H35F3N8O2S. The van der Waals surface area contributed by atoms with Crippen LogP contribution in [0.1, 0.15) is 70.3 Å². The Labute approximate surface area is 214 Å². The number of rotatable bonds is 7. The number of nitrogens with two attached hydrogens (primary N) is 1. The molecule has 0 aromatic carbocycles. The Morgan fingerprint density at radius 3 is 2.24 bits per heavy atom. The number of hydrogen-bond donors (Lipinski definition) is 3. The molecule has 5 rings (SSSR count). The SMILES string of the molecule is N[C@H]1CC[C@H](Nc2nc(NC3CCN(S(=O)(=O)CC(F)(F)F)CC3)c3ncn(C4CCCC4)c3n2)CC1. The molecule has 0 unspecified atom stereocenters. The Morgan fingerprint density at radius 2 is 1.59 bits per heavy atom. The first kappa shape index (κ1) is 26.4. The number of piperidine rings is 1. The van der Waals surface area contributed by atoms with Crippen LogP contribution < -0.4 is 16.4 Å². The van der Waals surface area contributed by atoms with E-state index in [4.69, 9.17) is 15.7 Å². The Bertz CT molecular complexity index is 1180. The predicted octanol–water partition coefficient (Wildman–Crippen LogP) is 3.39. The Kier molecular flexibility index (Phi) is 7.51. The van der Waals surface area contributed by atoms with Crippen molar-refractivity contribution in [2.75, 3.05) is 29.5 Å². The molecule has 3 aliphatic rings. The lowest BCUT2D eigenvalue weighted by molar-refractivity contribution is -0.107. The van der Waals surface area contributed by atoms with Gasteiger partial charge in [-0.15, -0.1) is 0 Å². The molecule has 2 aromatic heterocycles. The number of anilines is 2. The van der Waals surface area contributed by atoms with E-state index in [0.717, 1.165) is 48.5 Å². The normalized spacial score (nSPS) is 25.1. The topological polar surface area (TPSA) is 131 Å². The Morgan fingerprint density at radius 1 is 0.946 bits per heavy atom. The molecule has 1 aliphatic heterocycles. The lowest BCUT2D eigenvalue weighted by Crippen LogP contribution is -2.45. The van der Waals surface area contributed by atoms with Crippen molar-refractivity contribution in [1.29, 1.82) is 0 Å². The highest BCUT2D eigenvalue weighted by molar-refractivity contribution is 7.89. The van der Waals surface area contributed by atoms with Gasteiger partial charge < -0.3 is 20.9 Å². The predicted molar refractivity (Wildman–Crippen MR) is 135 cm³/mol. The lowest BCUT2D eigenvalue weighted by Gasteiger charge is -2.32. The first-order chi connectivity index (χ1) is 17.6. The van der Waals surface area contributed by atoms with Gasteiger partial charge in [0, 0.05) is 37.3 Å². The van der Waals surface area contributed by atoms with E-state index < -0.39 is 22.0 Å². The van der Waals surface area contributed by atoms with E-state index in [2.05, 4.69) is 20.2 Å². The quantitative estimate of drug-likeness (QED) is 0.484. The zero-order valence-electron chi connectivity index (χ0n) is 20.8. The Hall–Kier alpha value is -2.19. The molecule has 0 atom stereocenters. The molecule has 0 radical (unpaired) electrons. The first-order valence-electron chi connectivity index (χ1n) is 13.2. The van der Waals surface area contributed by atoms with Gasteiger partial charge in [0.1, 0.15) is 0 Å². The number of hydrogen-bond acceptors (Lipinski definition) is 8. The fraction of sp³-hybridized carbons (Fsp3) is 0.783. The maximum absolute atomic E-state index is 12.7. The van der Waals surface area contributed by atoms with Crippen molar-refractivity contribution in [1.82, 2.24) is 23.8 Å². The molecule has 206 valence electrons. The van der Waals surface area contributed by atoms with E-state index in [1.54, 1.807) is 0 Å². The zero-order valence-corrected chi connectivity index (χ0v) is 21.6. The second kappa shape index (κ2) is 10.5. The summed E-state index contributed by atoms with van der Waals surface area (Å²) in [4.78, 5) is 14.2. The zero-order chi connectivity index (χ0) is 26.2. The molecule has 1 saturated heterocycles. The van der Waals surface area contributed by atoms with E-state index in [0.29, 0.717) is 36.2 Å². The molecular weight excluding hydrogens is 509 g/mol. The minimum atomic E-state index is -4.76. The van der Waals surface area contributed by atoms with Gasteiger partial charge in [0.05, 0.1) is 6.33 Å². The molecule has 2 aromatic rings. The van der Waals surface area contributed by atoms with Crippen LogP contribution in [-0.2, 0) is 10.0 Å². The second-order valence-electron chi connectivity index (χ2n) is 10.6. The van der Waals surface area contributed by atoms with E-state index in [-0.39, 0.29) is 31.2 Å². The smallest absolute Gasteiger partial charge is 0.365 e. The van der Waals surface area contributed by atoms with Crippen LogP contribution in [0, 0.1) is 0 Å². The van der Waals surface area contributed by atoms with Crippen molar-refractivity contribution >= 4 is 33.0 Å². The van der Waals surface area contributed by atoms with Crippen LogP contribution in [0.3, 0.4) is 0 Å². The second-order valence-corrected chi connectivity index (χ2v) is 12.6. The van der Waals surface area contributed by atoms with Gasteiger partial charge in [0.15, 0.2) is 22.7 Å². The van der Waals surface area contributed by atoms with E-state index in [1.165, 1.54) is 12.8 Å². The van der Waals surface area contributed by atoms with Gasteiger partial charge in [0.2, 0.25) is 16.0 Å². The van der Waals surface area contributed by atoms with Crippen molar-refractivity contribution in [3.05, 3.63) is 6.33 Å². The summed E-state index contributed by atoms with van der Waals surface area (Å²) in [6, 6.07) is 0.659. The monoisotopic (exact) mass is 544 g/mol. The van der Waals surface area contributed by atoms with E-state index >= 15 is 0 Å². The number of nitrogens with zero attached hydrogens (tertiary/aromatic N) is 5. The number of fused-ring (bicyclic) bond motifs is 1. The van der Waals surface area contributed by atoms with Crippen LogP contribution in [0.15, 0.2) is 6.33 Å². The van der Waals surface area contributed by atoms with Crippen molar-refractivity contribution in [3.8, 4) is 0 Å². The molecule has 2 saturated carbocycles. The molecule has 0 spiro atoms. The van der Waals surface area contributed by atoms with Gasteiger partial charge in [-0.05, 0) is 51.4 Å². The highest BCUT2D eigenvalue weighted by Crippen LogP contribution is 2.34. The van der Waals surface area contributed by atoms with Crippen molar-refractivity contribution in [2.24, 2.45) is 5.73 Å². The van der Waals surface area contributed by atoms with Crippen LogP contribution in [0.2, 0.25) is 0 Å². The summed E-state index contributed by atoms with van der Waals surface area (Å²) in [5.41, 5.74) is 7.46. The first-order valence-corrected chi connectivity index (χ1v) is 14.8. The van der Waals surface area contributed by atoms with Gasteiger partial charge in [0.25, 0.3) is 0 Å². The molecule has 2 aliphatic carbocycles. The van der Waals surface area contributed by atoms with Gasteiger partial charge in [-0.1, -0.05) is 12.8 Å². The minimum absolute atomic E-state index is 0.0221. The molecule has 0 amide bonds. The van der Waals surface area contributed by atoms with Gasteiger partial charge >= 0.3 is 6.18 Å². The molecule has 10 nitrogen and oxygen atoms in total. The number of halogens is 3. The number of imidazole rings is 1. The summed E-state index contributed by atoms with van der Waals surface area (Å²) in [6.45, 7) is 0.0442. The Balaban J connectivity index is 1.34. The van der Waals surface area contributed by atoms with Gasteiger partial charge in [-0.2, -0.15) is 23.1 Å². The van der Waals surface area contributed by atoms with Gasteiger partial charge in [-0.3, -0.25) is 0 Å².